The van der Waals surface area contributed by atoms with Gasteiger partial charge in [-0.15, -0.1) is 0 Å². The van der Waals surface area contributed by atoms with E-state index in [0.717, 1.165) is 6.07 Å². The van der Waals surface area contributed by atoms with Crippen molar-refractivity contribution >= 4 is 46.6 Å². The van der Waals surface area contributed by atoms with E-state index in [0.29, 0.717) is 28.8 Å². The van der Waals surface area contributed by atoms with Crippen molar-refractivity contribution in [1.82, 2.24) is 10.6 Å². The van der Waals surface area contributed by atoms with Crippen molar-refractivity contribution in [2.45, 2.75) is 12.5 Å². The number of carbonyl (C=O) groups excluding carboxylic acids is 3. The van der Waals surface area contributed by atoms with Crippen molar-refractivity contribution in [3.63, 3.8) is 0 Å². The fourth-order valence-corrected chi connectivity index (χ4v) is 3.73. The van der Waals surface area contributed by atoms with Crippen LogP contribution >= 0.6 is 23.2 Å². The molecule has 0 radical (unpaired) electrons. The van der Waals surface area contributed by atoms with Crippen molar-refractivity contribution in [2.24, 2.45) is 0 Å². The summed E-state index contributed by atoms with van der Waals surface area (Å²) in [5.74, 6) is -1.52. The van der Waals surface area contributed by atoms with Crippen molar-refractivity contribution in [1.29, 1.82) is 0 Å². The summed E-state index contributed by atoms with van der Waals surface area (Å²) in [7, 11) is 1.52. The van der Waals surface area contributed by atoms with Gasteiger partial charge in [0.2, 0.25) is 0 Å². The van der Waals surface area contributed by atoms with Gasteiger partial charge in [0.1, 0.15) is 23.9 Å². The molecule has 1 aliphatic heterocycles. The Labute approximate surface area is 234 Å². The van der Waals surface area contributed by atoms with Gasteiger partial charge >= 0.3 is 0 Å². The highest BCUT2D eigenvalue weighted by molar-refractivity contribution is 6.31. The molecule has 1 unspecified atom stereocenters. The first-order valence-electron chi connectivity index (χ1n) is 11.8. The minimum absolute atomic E-state index is 0.0501. The Kier molecular flexibility index (Phi) is 11.4. The highest BCUT2D eigenvalue weighted by atomic mass is 35.5. The van der Waals surface area contributed by atoms with Crippen LogP contribution in [0.4, 0.5) is 10.1 Å². The molecule has 13 heteroatoms. The molecule has 0 saturated carbocycles. The van der Waals surface area contributed by atoms with Gasteiger partial charge in [0.15, 0.2) is 12.7 Å². The number of rotatable bonds is 13. The number of methoxy groups -OCH3 is 1. The molecule has 10 nitrogen and oxygen atoms in total. The number of benzene rings is 2. The van der Waals surface area contributed by atoms with Crippen LogP contribution in [0, 0.1) is 5.82 Å². The molecule has 1 aliphatic rings. The third-order valence-corrected chi connectivity index (χ3v) is 5.93. The molecule has 210 valence electrons. The minimum Gasteiger partial charge on any atom is -0.484 e. The van der Waals surface area contributed by atoms with Gasteiger partial charge in [-0.05, 0) is 30.3 Å². The lowest BCUT2D eigenvalue weighted by Gasteiger charge is -2.34. The zero-order chi connectivity index (χ0) is 28.4. The molecule has 0 aromatic heterocycles. The zero-order valence-electron chi connectivity index (χ0n) is 21.1. The lowest BCUT2D eigenvalue weighted by atomic mass is 10.1. The number of nitrogens with one attached hydrogen (secondary N) is 2. The number of hydrogen-bond acceptors (Lipinski definition) is 7. The van der Waals surface area contributed by atoms with Gasteiger partial charge in [-0.25, -0.2) is 4.39 Å². The largest absolute Gasteiger partial charge is 0.484 e. The van der Waals surface area contributed by atoms with Crippen LogP contribution in [0.5, 0.6) is 11.5 Å². The molecule has 0 aliphatic carbocycles. The lowest BCUT2D eigenvalue weighted by molar-refractivity contribution is -0.128. The SMILES string of the molecule is C=C(CCNC(=O)COc1ccc(Cl)c(F)c1)NC(=O)C1CN(C(=O)COCCOC)c2cc(Cl)ccc2O1. The van der Waals surface area contributed by atoms with Gasteiger partial charge in [0.05, 0.1) is 30.5 Å². The molecule has 0 fully saturated rings. The molecule has 0 spiro atoms. The first-order chi connectivity index (χ1) is 18.7. The van der Waals surface area contributed by atoms with Crippen LogP contribution in [-0.2, 0) is 23.9 Å². The van der Waals surface area contributed by atoms with E-state index in [1.165, 1.54) is 24.1 Å². The van der Waals surface area contributed by atoms with Gasteiger partial charge in [0, 0.05) is 36.9 Å². The van der Waals surface area contributed by atoms with Gasteiger partial charge in [-0.2, -0.15) is 0 Å². The third kappa shape index (κ3) is 9.10. The van der Waals surface area contributed by atoms with Crippen LogP contribution in [-0.4, -0.2) is 70.5 Å². The third-order valence-electron chi connectivity index (χ3n) is 5.39. The maximum Gasteiger partial charge on any atom is 0.267 e. The van der Waals surface area contributed by atoms with Crippen LogP contribution in [0.1, 0.15) is 6.42 Å². The first-order valence-corrected chi connectivity index (χ1v) is 12.6. The summed E-state index contributed by atoms with van der Waals surface area (Å²) in [4.78, 5) is 39.1. The molecule has 1 atom stereocenters. The highest BCUT2D eigenvalue weighted by Gasteiger charge is 2.34. The predicted molar refractivity (Wildman–Crippen MR) is 143 cm³/mol. The minimum atomic E-state index is -1.03. The average molecular weight is 584 g/mol. The highest BCUT2D eigenvalue weighted by Crippen LogP contribution is 2.36. The fourth-order valence-electron chi connectivity index (χ4n) is 3.44. The fraction of sp³-hybridized carbons (Fsp3) is 0.346. The van der Waals surface area contributed by atoms with E-state index in [9.17, 15) is 18.8 Å². The second kappa shape index (κ2) is 14.7. The predicted octanol–water partition coefficient (Wildman–Crippen LogP) is 3.10. The van der Waals surface area contributed by atoms with Crippen molar-refractivity contribution < 1.29 is 37.7 Å². The maximum atomic E-state index is 13.5. The number of ether oxygens (including phenoxy) is 4. The second-order valence-electron chi connectivity index (χ2n) is 8.33. The molecule has 2 aromatic carbocycles. The number of anilines is 1. The summed E-state index contributed by atoms with van der Waals surface area (Å²) in [6.45, 7) is 3.92. The molecule has 2 aromatic rings. The molecule has 3 rings (SSSR count). The number of hydrogen-bond donors (Lipinski definition) is 2. The summed E-state index contributed by atoms with van der Waals surface area (Å²) in [6, 6.07) is 8.59. The Morgan fingerprint density at radius 1 is 1.15 bits per heavy atom. The van der Waals surface area contributed by atoms with Crippen LogP contribution in [0.15, 0.2) is 48.7 Å². The summed E-state index contributed by atoms with van der Waals surface area (Å²) >= 11 is 11.7. The number of halogens is 3. The van der Waals surface area contributed by atoms with E-state index >= 15 is 0 Å². The molecular weight excluding hydrogens is 556 g/mol. The van der Waals surface area contributed by atoms with Crippen molar-refractivity contribution in [3.05, 3.63) is 64.5 Å². The summed E-state index contributed by atoms with van der Waals surface area (Å²) in [6.07, 6.45) is -0.803. The Hall–Kier alpha value is -3.38. The molecule has 0 bridgehead atoms. The van der Waals surface area contributed by atoms with E-state index in [-0.39, 0.29) is 56.0 Å². The van der Waals surface area contributed by atoms with Crippen molar-refractivity contribution in [2.75, 3.05) is 51.5 Å². The van der Waals surface area contributed by atoms with Crippen LogP contribution in [0.2, 0.25) is 10.0 Å². The normalized spacial score (nSPS) is 14.2. The quantitative estimate of drug-likeness (QED) is 0.348. The number of amides is 3. The van der Waals surface area contributed by atoms with E-state index in [1.807, 2.05) is 0 Å². The Bertz CT molecular complexity index is 1210. The van der Waals surface area contributed by atoms with Gasteiger partial charge in [0.25, 0.3) is 17.7 Å². The van der Waals surface area contributed by atoms with E-state index < -0.39 is 23.7 Å². The monoisotopic (exact) mass is 583 g/mol. The molecule has 0 saturated heterocycles. The van der Waals surface area contributed by atoms with Crippen molar-refractivity contribution in [3.8, 4) is 11.5 Å². The smallest absolute Gasteiger partial charge is 0.267 e. The first kappa shape index (κ1) is 30.2. The van der Waals surface area contributed by atoms with Crippen LogP contribution in [0.25, 0.3) is 0 Å². The molecule has 1 heterocycles. The Balaban J connectivity index is 1.48. The summed E-state index contributed by atoms with van der Waals surface area (Å²) in [5, 5.41) is 5.62. The van der Waals surface area contributed by atoms with Gasteiger partial charge in [-0.3, -0.25) is 14.4 Å². The van der Waals surface area contributed by atoms with Crippen LogP contribution in [0.3, 0.4) is 0 Å². The Morgan fingerprint density at radius 3 is 2.69 bits per heavy atom. The topological polar surface area (TPSA) is 115 Å². The number of nitrogens with zero attached hydrogens (tertiary/aromatic N) is 1. The zero-order valence-corrected chi connectivity index (χ0v) is 22.6. The standard InChI is InChI=1S/C26H28Cl2FN3O7/c1-16(7-8-30-24(33)14-38-18-4-5-19(28)20(29)12-18)31-26(35)23-13-32(25(34)15-37-10-9-36-2)21-11-17(27)3-6-22(21)39-23/h3-6,11-12,23H,1,7-10,13-15H2,2H3,(H,30,33)(H,31,35). The number of carbonyl (C=O) groups is 3. The van der Waals surface area contributed by atoms with E-state index in [4.69, 9.17) is 42.1 Å². The molecular formula is C26H28Cl2FN3O7. The average Bonchev–Trinajstić information content (AvgIpc) is 2.91. The van der Waals surface area contributed by atoms with Gasteiger partial charge in [-0.1, -0.05) is 29.8 Å². The Morgan fingerprint density at radius 2 is 1.95 bits per heavy atom. The second-order valence-corrected chi connectivity index (χ2v) is 9.17. The molecule has 3 amide bonds. The van der Waals surface area contributed by atoms with E-state index in [1.54, 1.807) is 18.2 Å². The van der Waals surface area contributed by atoms with Crippen LogP contribution < -0.4 is 25.0 Å². The molecule has 39 heavy (non-hydrogen) atoms. The summed E-state index contributed by atoms with van der Waals surface area (Å²) in [5.41, 5.74) is 0.754. The molecule has 2 N–H and O–H groups in total. The van der Waals surface area contributed by atoms with E-state index in [2.05, 4.69) is 17.2 Å². The number of fused-ring (bicyclic) bond motifs is 1. The lowest BCUT2D eigenvalue weighted by Crippen LogP contribution is -2.51. The maximum absolute atomic E-state index is 13.5. The van der Waals surface area contributed by atoms with Gasteiger partial charge < -0.3 is 34.5 Å². The summed E-state index contributed by atoms with van der Waals surface area (Å²) < 4.78 is 34.8.